The Labute approximate surface area is 168 Å². The molecule has 0 spiro atoms. The highest BCUT2D eigenvalue weighted by atomic mass is 19.4. The maximum absolute atomic E-state index is 12.9. The number of ether oxygens (including phenoxy) is 1. The fraction of sp³-hybridized carbons (Fsp3) is 0.556. The Hall–Kier alpha value is -2.63. The molecule has 0 radical (unpaired) electrons. The third kappa shape index (κ3) is 4.00. The summed E-state index contributed by atoms with van der Waals surface area (Å²) in [4.78, 5) is 9.72. The molecular formula is C18H19F5N6O. The van der Waals surface area contributed by atoms with Crippen molar-refractivity contribution in [1.29, 1.82) is 0 Å². The number of hydrogen-bond donors (Lipinski definition) is 1. The molecular weight excluding hydrogens is 411 g/mol. The summed E-state index contributed by atoms with van der Waals surface area (Å²) in [6, 6.07) is 1.92. The molecule has 0 amide bonds. The van der Waals surface area contributed by atoms with E-state index in [9.17, 15) is 22.0 Å². The van der Waals surface area contributed by atoms with Crippen LogP contribution in [0.2, 0.25) is 0 Å². The number of nitrogens with one attached hydrogen (secondary N) is 1. The summed E-state index contributed by atoms with van der Waals surface area (Å²) in [6.07, 6.45) is -2.72. The van der Waals surface area contributed by atoms with Crippen LogP contribution in [-0.2, 0) is 6.18 Å². The maximum atomic E-state index is 12.9. The molecule has 2 atom stereocenters. The van der Waals surface area contributed by atoms with Crippen molar-refractivity contribution in [3.8, 4) is 17.1 Å². The lowest BCUT2D eigenvalue weighted by Gasteiger charge is -2.32. The second kappa shape index (κ2) is 7.89. The topological polar surface area (TPSA) is 76.1 Å². The van der Waals surface area contributed by atoms with Gasteiger partial charge in [-0.25, -0.2) is 9.97 Å². The van der Waals surface area contributed by atoms with E-state index in [0.29, 0.717) is 23.6 Å². The standard InChI is InChI=1S/C18H19F5N6O/c1-9-14(11-2-3-13(18(21,22)23)26-15(11)30-16(19)20)27-28-17(25-9)29-7-5-10-4-6-24-8-12(10)29/h2-3,10,12,16,24H,4-8H2,1H3/t10-,12?/m0/s1. The van der Waals surface area contributed by atoms with Crippen molar-refractivity contribution < 1.29 is 26.7 Å². The lowest BCUT2D eigenvalue weighted by atomic mass is 9.93. The van der Waals surface area contributed by atoms with Gasteiger partial charge in [0.15, 0.2) is 0 Å². The molecule has 2 aliphatic heterocycles. The molecule has 7 nitrogen and oxygen atoms in total. The SMILES string of the molecule is Cc1nc(N2CC[C@@H]3CCNCC32)nnc1-c1ccc(C(F)(F)F)nc1OC(F)F. The van der Waals surface area contributed by atoms with E-state index < -0.39 is 24.4 Å². The first-order valence-electron chi connectivity index (χ1n) is 9.46. The lowest BCUT2D eigenvalue weighted by molar-refractivity contribution is -0.142. The summed E-state index contributed by atoms with van der Waals surface area (Å²) < 4.78 is 68.5. The minimum absolute atomic E-state index is 0.0353. The first-order valence-corrected chi connectivity index (χ1v) is 9.46. The molecule has 2 aromatic rings. The average Bonchev–Trinajstić information content (AvgIpc) is 3.11. The quantitative estimate of drug-likeness (QED) is 0.748. The van der Waals surface area contributed by atoms with Crippen molar-refractivity contribution in [3.05, 3.63) is 23.5 Å². The number of hydrogen-bond acceptors (Lipinski definition) is 7. The van der Waals surface area contributed by atoms with Crippen LogP contribution in [0.4, 0.5) is 27.9 Å². The second-order valence-corrected chi connectivity index (χ2v) is 7.27. The predicted octanol–water partition coefficient (Wildman–Crippen LogP) is 3.05. The number of nitrogens with zero attached hydrogens (tertiary/aromatic N) is 5. The summed E-state index contributed by atoms with van der Waals surface area (Å²) in [7, 11) is 0. The Morgan fingerprint density at radius 3 is 2.67 bits per heavy atom. The van der Waals surface area contributed by atoms with E-state index in [2.05, 4.69) is 35.1 Å². The summed E-state index contributed by atoms with van der Waals surface area (Å²) in [5.41, 5.74) is -1.11. The van der Waals surface area contributed by atoms with E-state index in [1.54, 1.807) is 6.92 Å². The fourth-order valence-corrected chi connectivity index (χ4v) is 4.03. The minimum Gasteiger partial charge on any atom is -0.416 e. The van der Waals surface area contributed by atoms with Gasteiger partial charge in [-0.2, -0.15) is 22.0 Å². The van der Waals surface area contributed by atoms with Gasteiger partial charge in [-0.05, 0) is 44.4 Å². The van der Waals surface area contributed by atoms with E-state index in [1.165, 1.54) is 0 Å². The molecule has 1 N–H and O–H groups in total. The Morgan fingerprint density at radius 2 is 1.97 bits per heavy atom. The Bertz CT molecular complexity index is 924. The molecule has 2 saturated heterocycles. The van der Waals surface area contributed by atoms with Crippen LogP contribution >= 0.6 is 0 Å². The first kappa shape index (κ1) is 20.6. The summed E-state index contributed by atoms with van der Waals surface area (Å²) in [5, 5.41) is 11.5. The fourth-order valence-electron chi connectivity index (χ4n) is 4.03. The number of rotatable bonds is 4. The summed E-state index contributed by atoms with van der Waals surface area (Å²) in [5.74, 6) is 0.0770. The third-order valence-corrected chi connectivity index (χ3v) is 5.44. The second-order valence-electron chi connectivity index (χ2n) is 7.27. The number of aromatic nitrogens is 4. The smallest absolute Gasteiger partial charge is 0.416 e. The van der Waals surface area contributed by atoms with Gasteiger partial charge in [0.25, 0.3) is 0 Å². The monoisotopic (exact) mass is 430 g/mol. The molecule has 1 unspecified atom stereocenters. The number of aryl methyl sites for hydroxylation is 1. The van der Waals surface area contributed by atoms with Gasteiger partial charge in [-0.15, -0.1) is 10.2 Å². The number of anilines is 1. The molecule has 4 rings (SSSR count). The predicted molar refractivity (Wildman–Crippen MR) is 96.2 cm³/mol. The Kier molecular flexibility index (Phi) is 5.43. The van der Waals surface area contributed by atoms with Crippen LogP contribution in [0.25, 0.3) is 11.3 Å². The minimum atomic E-state index is -4.80. The molecule has 2 fully saturated rings. The molecule has 4 heterocycles. The highest BCUT2D eigenvalue weighted by Gasteiger charge is 2.38. The van der Waals surface area contributed by atoms with E-state index in [0.717, 1.165) is 38.5 Å². The van der Waals surface area contributed by atoms with Crippen LogP contribution in [0, 0.1) is 12.8 Å². The van der Waals surface area contributed by atoms with Gasteiger partial charge in [0.05, 0.1) is 11.3 Å². The number of pyridine rings is 1. The highest BCUT2D eigenvalue weighted by Crippen LogP contribution is 2.36. The van der Waals surface area contributed by atoms with E-state index in [1.807, 2.05) is 0 Å². The molecule has 2 aliphatic rings. The number of halogens is 5. The van der Waals surface area contributed by atoms with Gasteiger partial charge < -0.3 is 15.0 Å². The molecule has 0 bridgehead atoms. The molecule has 12 heteroatoms. The van der Waals surface area contributed by atoms with Crippen molar-refractivity contribution in [3.63, 3.8) is 0 Å². The Morgan fingerprint density at radius 1 is 1.17 bits per heavy atom. The van der Waals surface area contributed by atoms with Crippen molar-refractivity contribution in [2.45, 2.75) is 38.6 Å². The first-order chi connectivity index (χ1) is 14.2. The molecule has 162 valence electrons. The number of alkyl halides is 5. The van der Waals surface area contributed by atoms with Crippen LogP contribution in [0.1, 0.15) is 24.2 Å². The van der Waals surface area contributed by atoms with Crippen molar-refractivity contribution in [2.75, 3.05) is 24.5 Å². The van der Waals surface area contributed by atoms with Gasteiger partial charge in [-0.1, -0.05) is 0 Å². The van der Waals surface area contributed by atoms with Crippen molar-refractivity contribution >= 4 is 5.95 Å². The van der Waals surface area contributed by atoms with Gasteiger partial charge >= 0.3 is 12.8 Å². The van der Waals surface area contributed by atoms with E-state index in [4.69, 9.17) is 0 Å². The van der Waals surface area contributed by atoms with E-state index >= 15 is 0 Å². The van der Waals surface area contributed by atoms with Gasteiger partial charge in [-0.3, -0.25) is 0 Å². The highest BCUT2D eigenvalue weighted by molar-refractivity contribution is 5.67. The average molecular weight is 430 g/mol. The largest absolute Gasteiger partial charge is 0.433 e. The van der Waals surface area contributed by atoms with Crippen LogP contribution in [0.15, 0.2) is 12.1 Å². The van der Waals surface area contributed by atoms with Gasteiger partial charge in [0.2, 0.25) is 11.8 Å². The van der Waals surface area contributed by atoms with Crippen molar-refractivity contribution in [2.24, 2.45) is 5.92 Å². The van der Waals surface area contributed by atoms with Gasteiger partial charge in [0, 0.05) is 19.1 Å². The number of piperidine rings is 1. The van der Waals surface area contributed by atoms with Crippen LogP contribution in [0.3, 0.4) is 0 Å². The molecule has 2 aromatic heterocycles. The zero-order valence-corrected chi connectivity index (χ0v) is 16.0. The zero-order valence-electron chi connectivity index (χ0n) is 16.0. The Balaban J connectivity index is 1.67. The molecule has 0 saturated carbocycles. The van der Waals surface area contributed by atoms with Crippen LogP contribution < -0.4 is 15.0 Å². The zero-order chi connectivity index (χ0) is 21.5. The van der Waals surface area contributed by atoms with Gasteiger partial charge in [0.1, 0.15) is 11.4 Å². The maximum Gasteiger partial charge on any atom is 0.433 e. The summed E-state index contributed by atoms with van der Waals surface area (Å²) in [6.45, 7) is 0.799. The normalized spacial score (nSPS) is 21.8. The molecule has 30 heavy (non-hydrogen) atoms. The third-order valence-electron chi connectivity index (χ3n) is 5.44. The lowest BCUT2D eigenvalue weighted by Crippen LogP contribution is -2.46. The summed E-state index contributed by atoms with van der Waals surface area (Å²) >= 11 is 0. The van der Waals surface area contributed by atoms with Crippen LogP contribution in [-0.4, -0.2) is 52.5 Å². The number of fused-ring (bicyclic) bond motifs is 1. The van der Waals surface area contributed by atoms with Crippen molar-refractivity contribution in [1.82, 2.24) is 25.5 Å². The molecule has 0 aromatic carbocycles. The van der Waals surface area contributed by atoms with E-state index in [-0.39, 0.29) is 17.3 Å². The molecule has 0 aliphatic carbocycles. The van der Waals surface area contributed by atoms with Crippen LogP contribution in [0.5, 0.6) is 5.88 Å².